The molecule has 0 radical (unpaired) electrons. The van der Waals surface area contributed by atoms with Crippen LogP contribution in [0.25, 0.3) is 0 Å². The topological polar surface area (TPSA) is 78.2 Å². The lowest BCUT2D eigenvalue weighted by Crippen LogP contribution is -2.36. The van der Waals surface area contributed by atoms with Crippen LogP contribution in [0.4, 0.5) is 5.69 Å². The lowest BCUT2D eigenvalue weighted by atomic mass is 9.96. The maximum atomic E-state index is 13.2. The molecule has 4 rings (SSSR count). The van der Waals surface area contributed by atoms with Gasteiger partial charge in [-0.2, -0.15) is 0 Å². The van der Waals surface area contributed by atoms with Crippen LogP contribution in [-0.4, -0.2) is 32.6 Å². The van der Waals surface area contributed by atoms with Gasteiger partial charge < -0.3 is 23.5 Å². The van der Waals surface area contributed by atoms with Crippen LogP contribution in [0.2, 0.25) is 0 Å². The minimum Gasteiger partial charge on any atom is -0.493 e. The van der Waals surface area contributed by atoms with Crippen LogP contribution in [0.5, 0.6) is 11.5 Å². The number of carbonyl (C=O) groups excluding carboxylic acids is 2. The van der Waals surface area contributed by atoms with Crippen molar-refractivity contribution in [2.75, 3.05) is 25.7 Å². The van der Waals surface area contributed by atoms with Crippen LogP contribution in [0, 0.1) is 0 Å². The van der Waals surface area contributed by atoms with E-state index in [0.717, 1.165) is 12.0 Å². The molecule has 160 valence electrons. The number of hydrogen-bond acceptors (Lipinski definition) is 6. The highest BCUT2D eigenvalue weighted by Gasteiger charge is 2.28. The van der Waals surface area contributed by atoms with Crippen molar-refractivity contribution in [1.82, 2.24) is 0 Å². The minimum atomic E-state index is -0.403. The van der Waals surface area contributed by atoms with Crippen LogP contribution in [-0.2, 0) is 17.8 Å². The predicted octanol–water partition coefficient (Wildman–Crippen LogP) is 4.25. The van der Waals surface area contributed by atoms with Crippen molar-refractivity contribution in [1.29, 1.82) is 0 Å². The Kier molecular flexibility index (Phi) is 5.93. The Bertz CT molecular complexity index is 1100. The molecule has 3 aromatic rings. The molecule has 0 bridgehead atoms. The number of nitrogens with zero attached hydrogens (tertiary/aromatic N) is 1. The van der Waals surface area contributed by atoms with Crippen molar-refractivity contribution in [3.05, 3.63) is 77.2 Å². The summed E-state index contributed by atoms with van der Waals surface area (Å²) in [6, 6.07) is 16.0. The van der Waals surface area contributed by atoms with Gasteiger partial charge in [0.15, 0.2) is 17.3 Å². The van der Waals surface area contributed by atoms with E-state index >= 15 is 0 Å². The third-order valence-corrected chi connectivity index (χ3v) is 5.21. The standard InChI is InChI=1S/C24H23NO6/c1-28-20-10-3-4-11-21(20)30-15-16-12-13-22(31-16)23(26)25-14-6-8-17-18(24(27)29-2)7-5-9-19(17)25/h3-5,7,9-13H,6,8,14-15H2,1-2H3. The summed E-state index contributed by atoms with van der Waals surface area (Å²) in [6.45, 7) is 0.709. The second-order valence-corrected chi connectivity index (χ2v) is 7.06. The van der Waals surface area contributed by atoms with Crippen molar-refractivity contribution in [2.24, 2.45) is 0 Å². The van der Waals surface area contributed by atoms with Crippen LogP contribution in [0.15, 0.2) is 59.0 Å². The normalized spacial score (nSPS) is 12.8. The van der Waals surface area contributed by atoms with Crippen molar-refractivity contribution >= 4 is 17.6 Å². The van der Waals surface area contributed by atoms with Crippen LogP contribution >= 0.6 is 0 Å². The average Bonchev–Trinajstić information content (AvgIpc) is 3.30. The first-order valence-electron chi connectivity index (χ1n) is 9.99. The molecule has 0 saturated carbocycles. The highest BCUT2D eigenvalue weighted by molar-refractivity contribution is 6.06. The summed E-state index contributed by atoms with van der Waals surface area (Å²) < 4.78 is 21.7. The summed E-state index contributed by atoms with van der Waals surface area (Å²) in [5.74, 6) is 1.29. The zero-order chi connectivity index (χ0) is 21.8. The van der Waals surface area contributed by atoms with Crippen LogP contribution < -0.4 is 14.4 Å². The molecule has 31 heavy (non-hydrogen) atoms. The van der Waals surface area contributed by atoms with E-state index in [2.05, 4.69) is 0 Å². The molecule has 0 spiro atoms. The van der Waals surface area contributed by atoms with E-state index in [1.807, 2.05) is 24.3 Å². The summed E-state index contributed by atoms with van der Waals surface area (Å²) in [4.78, 5) is 26.9. The molecule has 1 amide bonds. The number of furan rings is 1. The molecular weight excluding hydrogens is 398 g/mol. The fraction of sp³-hybridized carbons (Fsp3) is 0.250. The summed E-state index contributed by atoms with van der Waals surface area (Å²) in [5, 5.41) is 0. The van der Waals surface area contributed by atoms with Gasteiger partial charge in [-0.1, -0.05) is 18.2 Å². The molecule has 0 atom stereocenters. The van der Waals surface area contributed by atoms with E-state index < -0.39 is 5.97 Å². The Morgan fingerprint density at radius 3 is 2.58 bits per heavy atom. The fourth-order valence-electron chi connectivity index (χ4n) is 3.73. The number of benzene rings is 2. The lowest BCUT2D eigenvalue weighted by molar-refractivity contribution is 0.0599. The number of anilines is 1. The molecular formula is C24H23NO6. The number of rotatable bonds is 6. The summed E-state index contributed by atoms with van der Waals surface area (Å²) in [6.07, 6.45) is 1.46. The van der Waals surface area contributed by atoms with E-state index in [-0.39, 0.29) is 18.3 Å². The second-order valence-electron chi connectivity index (χ2n) is 7.06. The number of esters is 1. The Labute approximate surface area is 180 Å². The van der Waals surface area contributed by atoms with Crippen molar-refractivity contribution in [3.63, 3.8) is 0 Å². The number of methoxy groups -OCH3 is 2. The van der Waals surface area contributed by atoms with E-state index in [1.165, 1.54) is 7.11 Å². The van der Waals surface area contributed by atoms with Gasteiger partial charge in [-0.15, -0.1) is 0 Å². The first kappa shape index (κ1) is 20.5. The van der Waals surface area contributed by atoms with Gasteiger partial charge >= 0.3 is 5.97 Å². The first-order valence-corrected chi connectivity index (χ1v) is 9.99. The van der Waals surface area contributed by atoms with Gasteiger partial charge in [0.1, 0.15) is 12.4 Å². The molecule has 0 N–H and O–H groups in total. The van der Waals surface area contributed by atoms with Gasteiger partial charge in [-0.3, -0.25) is 4.79 Å². The highest BCUT2D eigenvalue weighted by atomic mass is 16.5. The molecule has 1 aliphatic rings. The second kappa shape index (κ2) is 8.95. The number of para-hydroxylation sites is 2. The summed E-state index contributed by atoms with van der Waals surface area (Å²) in [5.41, 5.74) is 2.02. The number of hydrogen-bond donors (Lipinski definition) is 0. The van der Waals surface area contributed by atoms with E-state index in [0.29, 0.717) is 41.5 Å². The number of fused-ring (bicyclic) bond motifs is 1. The van der Waals surface area contributed by atoms with Crippen molar-refractivity contribution in [3.8, 4) is 11.5 Å². The maximum Gasteiger partial charge on any atom is 0.338 e. The maximum absolute atomic E-state index is 13.2. The van der Waals surface area contributed by atoms with E-state index in [9.17, 15) is 9.59 Å². The van der Waals surface area contributed by atoms with Gasteiger partial charge in [0, 0.05) is 12.2 Å². The molecule has 1 aliphatic heterocycles. The SMILES string of the molecule is COC(=O)c1cccc2c1CCCN2C(=O)c1ccc(COc2ccccc2OC)o1. The smallest absolute Gasteiger partial charge is 0.338 e. The Hall–Kier alpha value is -3.74. The Morgan fingerprint density at radius 1 is 1.00 bits per heavy atom. The van der Waals surface area contributed by atoms with E-state index in [4.69, 9.17) is 18.6 Å². The third kappa shape index (κ3) is 4.12. The van der Waals surface area contributed by atoms with Gasteiger partial charge in [0.2, 0.25) is 0 Å². The molecule has 2 aromatic carbocycles. The lowest BCUT2D eigenvalue weighted by Gasteiger charge is -2.29. The Balaban J connectivity index is 1.52. The largest absolute Gasteiger partial charge is 0.493 e. The van der Waals surface area contributed by atoms with Gasteiger partial charge in [0.05, 0.1) is 19.8 Å². The molecule has 0 fully saturated rings. The number of ether oxygens (including phenoxy) is 3. The van der Waals surface area contributed by atoms with Crippen molar-refractivity contribution in [2.45, 2.75) is 19.4 Å². The van der Waals surface area contributed by atoms with Gasteiger partial charge in [0.25, 0.3) is 5.91 Å². The van der Waals surface area contributed by atoms with E-state index in [1.54, 1.807) is 42.3 Å². The Morgan fingerprint density at radius 2 is 1.81 bits per heavy atom. The highest BCUT2D eigenvalue weighted by Crippen LogP contribution is 2.32. The molecule has 0 saturated heterocycles. The summed E-state index contributed by atoms with van der Waals surface area (Å²) >= 11 is 0. The number of carbonyl (C=O) groups is 2. The zero-order valence-corrected chi connectivity index (χ0v) is 17.4. The minimum absolute atomic E-state index is 0.163. The average molecular weight is 421 g/mol. The first-order chi connectivity index (χ1) is 15.1. The zero-order valence-electron chi connectivity index (χ0n) is 17.4. The number of amides is 1. The van der Waals surface area contributed by atoms with Gasteiger partial charge in [-0.05, 0) is 54.8 Å². The molecule has 0 unspecified atom stereocenters. The molecule has 2 heterocycles. The molecule has 7 nitrogen and oxygen atoms in total. The molecule has 0 aliphatic carbocycles. The molecule has 1 aromatic heterocycles. The monoisotopic (exact) mass is 421 g/mol. The fourth-order valence-corrected chi connectivity index (χ4v) is 3.73. The van der Waals surface area contributed by atoms with Crippen molar-refractivity contribution < 1.29 is 28.2 Å². The van der Waals surface area contributed by atoms with Crippen LogP contribution in [0.1, 0.15) is 38.7 Å². The van der Waals surface area contributed by atoms with Gasteiger partial charge in [-0.25, -0.2) is 4.79 Å². The third-order valence-electron chi connectivity index (χ3n) is 5.21. The molecule has 7 heteroatoms. The quantitative estimate of drug-likeness (QED) is 0.554. The predicted molar refractivity (Wildman–Crippen MR) is 114 cm³/mol. The summed E-state index contributed by atoms with van der Waals surface area (Å²) in [7, 11) is 2.93. The van der Waals surface area contributed by atoms with Crippen LogP contribution in [0.3, 0.4) is 0 Å².